The molecule has 0 heterocycles. The van der Waals surface area contributed by atoms with E-state index in [1.807, 2.05) is 6.92 Å². The number of amides is 1. The maximum absolute atomic E-state index is 12.6. The summed E-state index contributed by atoms with van der Waals surface area (Å²) >= 11 is 0. The molecule has 2 N–H and O–H groups in total. The van der Waals surface area contributed by atoms with Crippen LogP contribution in [0.1, 0.15) is 24.5 Å². The first-order valence-corrected chi connectivity index (χ1v) is 10.7. The fourth-order valence-electron chi connectivity index (χ4n) is 2.51. The Hall–Kier alpha value is -2.75. The number of halogens is 3. The molecule has 30 heavy (non-hydrogen) atoms. The molecule has 1 amide bonds. The zero-order valence-corrected chi connectivity index (χ0v) is 17.4. The van der Waals surface area contributed by atoms with E-state index in [2.05, 4.69) is 4.72 Å². The van der Waals surface area contributed by atoms with Crippen LogP contribution in [0.3, 0.4) is 0 Å². The summed E-state index contributed by atoms with van der Waals surface area (Å²) in [5, 5.41) is 1.78. The smallest absolute Gasteiger partial charge is 0.405 e. The first kappa shape index (κ1) is 23.5. The fraction of sp³-hybridized carbons (Fsp3) is 0.350. The number of anilines is 1. The maximum atomic E-state index is 12.6. The Morgan fingerprint density at radius 1 is 1.10 bits per heavy atom. The van der Waals surface area contributed by atoms with Crippen LogP contribution in [-0.4, -0.2) is 33.7 Å². The molecule has 0 aliphatic rings. The second kappa shape index (κ2) is 9.84. The Labute approximate surface area is 173 Å². The van der Waals surface area contributed by atoms with E-state index in [1.165, 1.54) is 36.4 Å². The van der Waals surface area contributed by atoms with Crippen LogP contribution in [0.15, 0.2) is 47.4 Å². The van der Waals surface area contributed by atoms with Crippen LogP contribution >= 0.6 is 0 Å². The van der Waals surface area contributed by atoms with Crippen LogP contribution < -0.4 is 14.8 Å². The molecule has 0 radical (unpaired) electrons. The van der Waals surface area contributed by atoms with Gasteiger partial charge in [0.1, 0.15) is 12.3 Å². The van der Waals surface area contributed by atoms with E-state index in [4.69, 9.17) is 4.74 Å². The molecule has 0 fully saturated rings. The van der Waals surface area contributed by atoms with Crippen LogP contribution in [-0.2, 0) is 21.2 Å². The Balaban J connectivity index is 2.02. The lowest BCUT2D eigenvalue weighted by Gasteiger charge is -2.12. The van der Waals surface area contributed by atoms with Crippen molar-refractivity contribution >= 4 is 21.6 Å². The van der Waals surface area contributed by atoms with Crippen molar-refractivity contribution < 1.29 is 31.1 Å². The minimum absolute atomic E-state index is 0.0689. The molecule has 2 aromatic carbocycles. The van der Waals surface area contributed by atoms with E-state index < -0.39 is 28.7 Å². The predicted molar refractivity (Wildman–Crippen MR) is 107 cm³/mol. The van der Waals surface area contributed by atoms with Gasteiger partial charge >= 0.3 is 6.18 Å². The lowest BCUT2D eigenvalue weighted by atomic mass is 10.1. The molecule has 2 rings (SSSR count). The third-order valence-electron chi connectivity index (χ3n) is 3.98. The average molecular weight is 444 g/mol. The van der Waals surface area contributed by atoms with Crippen molar-refractivity contribution in [3.05, 3.63) is 53.6 Å². The van der Waals surface area contributed by atoms with Gasteiger partial charge in [-0.15, -0.1) is 0 Å². The molecular weight excluding hydrogens is 421 g/mol. The molecule has 0 unspecified atom stereocenters. The third-order valence-corrected chi connectivity index (χ3v) is 5.35. The van der Waals surface area contributed by atoms with Crippen molar-refractivity contribution in [3.63, 3.8) is 0 Å². The molecule has 0 saturated heterocycles. The SMILES string of the molecule is CCCOc1ccc(S(=O)(=O)Nc2ccc(CC(=O)NCC(F)(F)F)cc2)cc1C. The normalized spacial score (nSPS) is 11.8. The second-order valence-corrected chi connectivity index (χ2v) is 8.33. The standard InChI is InChI=1S/C20H23F3N2O4S/c1-3-10-29-18-9-8-17(11-14(18)2)30(27,28)25-16-6-4-15(5-7-16)12-19(26)24-13-20(21,22)23/h4-9,11,25H,3,10,12-13H2,1-2H3,(H,24,26). The molecule has 0 aliphatic carbocycles. The van der Waals surface area contributed by atoms with E-state index >= 15 is 0 Å². The Kier molecular flexibility index (Phi) is 7.71. The van der Waals surface area contributed by atoms with Crippen molar-refractivity contribution in [1.29, 1.82) is 0 Å². The van der Waals surface area contributed by atoms with Gasteiger partial charge < -0.3 is 10.1 Å². The van der Waals surface area contributed by atoms with Gasteiger partial charge in [0.2, 0.25) is 5.91 Å². The van der Waals surface area contributed by atoms with Gasteiger partial charge in [-0.2, -0.15) is 13.2 Å². The van der Waals surface area contributed by atoms with Gasteiger partial charge in [0.05, 0.1) is 17.9 Å². The van der Waals surface area contributed by atoms with Crippen molar-refractivity contribution in [2.75, 3.05) is 17.9 Å². The largest absolute Gasteiger partial charge is 0.493 e. The fourth-order valence-corrected chi connectivity index (χ4v) is 3.66. The maximum Gasteiger partial charge on any atom is 0.405 e. The summed E-state index contributed by atoms with van der Waals surface area (Å²) in [6, 6.07) is 10.4. The molecule has 0 spiro atoms. The number of carbonyl (C=O) groups excluding carboxylic acids is 1. The summed E-state index contributed by atoms with van der Waals surface area (Å²) in [4.78, 5) is 11.6. The first-order chi connectivity index (χ1) is 14.0. The van der Waals surface area contributed by atoms with Crippen LogP contribution in [0, 0.1) is 6.92 Å². The summed E-state index contributed by atoms with van der Waals surface area (Å²) in [7, 11) is -3.84. The molecule has 0 aromatic heterocycles. The molecule has 6 nitrogen and oxygen atoms in total. The van der Waals surface area contributed by atoms with E-state index in [9.17, 15) is 26.4 Å². The van der Waals surface area contributed by atoms with Gasteiger partial charge in [-0.3, -0.25) is 9.52 Å². The van der Waals surface area contributed by atoms with Crippen LogP contribution in [0.5, 0.6) is 5.75 Å². The highest BCUT2D eigenvalue weighted by Gasteiger charge is 2.27. The second-order valence-electron chi connectivity index (χ2n) is 6.65. The molecule has 0 saturated carbocycles. The van der Waals surface area contributed by atoms with E-state index in [-0.39, 0.29) is 17.0 Å². The Bertz CT molecular complexity index is 975. The lowest BCUT2D eigenvalue weighted by Crippen LogP contribution is -2.34. The Morgan fingerprint density at radius 3 is 2.33 bits per heavy atom. The highest BCUT2D eigenvalue weighted by molar-refractivity contribution is 7.92. The van der Waals surface area contributed by atoms with Crippen molar-refractivity contribution in [3.8, 4) is 5.75 Å². The van der Waals surface area contributed by atoms with Crippen LogP contribution in [0.2, 0.25) is 0 Å². The van der Waals surface area contributed by atoms with Crippen LogP contribution in [0.25, 0.3) is 0 Å². The molecular formula is C20H23F3N2O4S. The molecule has 0 aliphatic heterocycles. The average Bonchev–Trinajstić information content (AvgIpc) is 2.66. The van der Waals surface area contributed by atoms with Gasteiger partial charge in [-0.25, -0.2) is 8.42 Å². The number of sulfonamides is 1. The van der Waals surface area contributed by atoms with Gasteiger partial charge in [0.15, 0.2) is 0 Å². The molecule has 10 heteroatoms. The van der Waals surface area contributed by atoms with E-state index in [0.29, 0.717) is 23.5 Å². The summed E-state index contributed by atoms with van der Waals surface area (Å²) in [5.74, 6) is -0.162. The number of nitrogens with one attached hydrogen (secondary N) is 2. The number of aryl methyl sites for hydroxylation is 1. The number of hydrogen-bond acceptors (Lipinski definition) is 4. The molecule has 0 atom stereocenters. The lowest BCUT2D eigenvalue weighted by molar-refractivity contribution is -0.138. The Morgan fingerprint density at radius 2 is 1.77 bits per heavy atom. The molecule has 0 bridgehead atoms. The number of ether oxygens (including phenoxy) is 1. The minimum Gasteiger partial charge on any atom is -0.493 e. The van der Waals surface area contributed by atoms with Crippen molar-refractivity contribution in [1.82, 2.24) is 5.32 Å². The van der Waals surface area contributed by atoms with E-state index in [0.717, 1.165) is 6.42 Å². The first-order valence-electron chi connectivity index (χ1n) is 9.19. The summed E-state index contributed by atoms with van der Waals surface area (Å²) < 4.78 is 69.5. The molecule has 164 valence electrons. The van der Waals surface area contributed by atoms with Gasteiger partial charge in [-0.1, -0.05) is 19.1 Å². The quantitative estimate of drug-likeness (QED) is 0.616. The topological polar surface area (TPSA) is 84.5 Å². The van der Waals surface area contributed by atoms with Crippen molar-refractivity contribution in [2.24, 2.45) is 0 Å². The van der Waals surface area contributed by atoms with Gasteiger partial charge in [-0.05, 0) is 54.8 Å². The van der Waals surface area contributed by atoms with E-state index in [1.54, 1.807) is 18.3 Å². The predicted octanol–water partition coefficient (Wildman–Crippen LogP) is 3.81. The third kappa shape index (κ3) is 7.25. The summed E-state index contributed by atoms with van der Waals surface area (Å²) in [6.45, 7) is 2.86. The highest BCUT2D eigenvalue weighted by atomic mass is 32.2. The zero-order chi connectivity index (χ0) is 22.4. The summed E-state index contributed by atoms with van der Waals surface area (Å²) in [6.07, 6.45) is -3.89. The van der Waals surface area contributed by atoms with Crippen molar-refractivity contribution in [2.45, 2.75) is 37.8 Å². The number of hydrogen-bond donors (Lipinski definition) is 2. The number of rotatable bonds is 9. The van der Waals surface area contributed by atoms with Gasteiger partial charge in [0, 0.05) is 5.69 Å². The zero-order valence-electron chi connectivity index (χ0n) is 16.5. The number of alkyl halides is 3. The number of benzene rings is 2. The molecule has 2 aromatic rings. The van der Waals surface area contributed by atoms with Gasteiger partial charge in [0.25, 0.3) is 10.0 Å². The number of carbonyl (C=O) groups is 1. The monoisotopic (exact) mass is 444 g/mol. The minimum atomic E-state index is -4.48. The van der Waals surface area contributed by atoms with Crippen LogP contribution in [0.4, 0.5) is 18.9 Å². The highest BCUT2D eigenvalue weighted by Crippen LogP contribution is 2.24. The summed E-state index contributed by atoms with van der Waals surface area (Å²) in [5.41, 5.74) is 1.40.